The van der Waals surface area contributed by atoms with E-state index in [-0.39, 0.29) is 42.6 Å². The lowest BCUT2D eigenvalue weighted by atomic mass is 9.96. The molecule has 7 heteroatoms. The van der Waals surface area contributed by atoms with Crippen LogP contribution >= 0.6 is 11.6 Å². The van der Waals surface area contributed by atoms with Crippen molar-refractivity contribution in [2.24, 2.45) is 5.92 Å². The van der Waals surface area contributed by atoms with Crippen molar-refractivity contribution < 1.29 is 18.0 Å². The Balaban J connectivity index is 2.05. The van der Waals surface area contributed by atoms with Gasteiger partial charge >= 0.3 is 6.18 Å². The Morgan fingerprint density at radius 2 is 1.95 bits per heavy atom. The fourth-order valence-corrected chi connectivity index (χ4v) is 2.54. The van der Waals surface area contributed by atoms with Crippen molar-refractivity contribution in [1.82, 2.24) is 9.88 Å². The maximum absolute atomic E-state index is 12.6. The van der Waals surface area contributed by atoms with Crippen molar-refractivity contribution in [1.29, 1.82) is 0 Å². The highest BCUT2D eigenvalue weighted by Gasteiger charge is 2.41. The van der Waals surface area contributed by atoms with Gasteiger partial charge < -0.3 is 4.90 Å². The van der Waals surface area contributed by atoms with Crippen LogP contribution in [0.5, 0.6) is 0 Å². The number of aromatic nitrogens is 1. The smallest absolute Gasteiger partial charge is 0.339 e. The standard InChI is InChI=1S/C13H14ClF3N2O/c1-8-2-3-10(11(14)18-8)12(20)19-6-4-9(5-7-19)13(15,16)17/h2-3,9H,4-7H2,1H3. The van der Waals surface area contributed by atoms with Gasteiger partial charge in [0.05, 0.1) is 11.5 Å². The highest BCUT2D eigenvalue weighted by molar-refractivity contribution is 6.32. The molecule has 2 heterocycles. The number of pyridine rings is 1. The average Bonchev–Trinajstić information content (AvgIpc) is 2.37. The summed E-state index contributed by atoms with van der Waals surface area (Å²) in [6, 6.07) is 3.21. The summed E-state index contributed by atoms with van der Waals surface area (Å²) in [5.41, 5.74) is 0.921. The van der Waals surface area contributed by atoms with Gasteiger partial charge in [0.1, 0.15) is 5.15 Å². The van der Waals surface area contributed by atoms with Crippen LogP contribution in [0, 0.1) is 12.8 Å². The highest BCUT2D eigenvalue weighted by Crippen LogP contribution is 2.34. The second-order valence-corrected chi connectivity index (χ2v) is 5.26. The van der Waals surface area contributed by atoms with Crippen LogP contribution in [-0.4, -0.2) is 35.1 Å². The Labute approximate surface area is 119 Å². The summed E-state index contributed by atoms with van der Waals surface area (Å²) in [5, 5.41) is 0.0907. The number of carbonyl (C=O) groups is 1. The van der Waals surface area contributed by atoms with Gasteiger partial charge in [0, 0.05) is 18.8 Å². The van der Waals surface area contributed by atoms with Crippen LogP contribution in [-0.2, 0) is 0 Å². The molecule has 0 aromatic carbocycles. The van der Waals surface area contributed by atoms with E-state index in [4.69, 9.17) is 11.6 Å². The van der Waals surface area contributed by atoms with Crippen LogP contribution in [0.25, 0.3) is 0 Å². The fourth-order valence-electron chi connectivity index (χ4n) is 2.26. The van der Waals surface area contributed by atoms with E-state index in [1.165, 1.54) is 4.90 Å². The Bertz CT molecular complexity index is 511. The predicted octanol–water partition coefficient (Wildman–Crippen LogP) is 3.46. The summed E-state index contributed by atoms with van der Waals surface area (Å²) in [6.07, 6.45) is -4.31. The number of likely N-dealkylation sites (tertiary alicyclic amines) is 1. The molecule has 1 aromatic rings. The minimum atomic E-state index is -4.18. The highest BCUT2D eigenvalue weighted by atomic mass is 35.5. The number of halogens is 4. The molecule has 1 aliphatic heterocycles. The first kappa shape index (κ1) is 15.1. The predicted molar refractivity (Wildman–Crippen MR) is 68.7 cm³/mol. The number of carbonyl (C=O) groups excluding carboxylic acids is 1. The van der Waals surface area contributed by atoms with Gasteiger partial charge in [-0.15, -0.1) is 0 Å². The van der Waals surface area contributed by atoms with E-state index in [9.17, 15) is 18.0 Å². The summed E-state index contributed by atoms with van der Waals surface area (Å²) >= 11 is 5.91. The van der Waals surface area contributed by atoms with Crippen LogP contribution in [0.3, 0.4) is 0 Å². The fraction of sp³-hybridized carbons (Fsp3) is 0.538. The molecule has 0 aliphatic carbocycles. The van der Waals surface area contributed by atoms with Crippen molar-refractivity contribution in [2.75, 3.05) is 13.1 Å². The zero-order valence-corrected chi connectivity index (χ0v) is 11.6. The lowest BCUT2D eigenvalue weighted by molar-refractivity contribution is -0.183. The van der Waals surface area contributed by atoms with Gasteiger partial charge in [0.25, 0.3) is 5.91 Å². The van der Waals surface area contributed by atoms with Crippen molar-refractivity contribution in [3.05, 3.63) is 28.5 Å². The van der Waals surface area contributed by atoms with Gasteiger partial charge in [0.15, 0.2) is 0 Å². The molecule has 110 valence electrons. The summed E-state index contributed by atoms with van der Waals surface area (Å²) in [4.78, 5) is 17.6. The first-order valence-corrected chi connectivity index (χ1v) is 6.66. The number of rotatable bonds is 1. The molecule has 0 spiro atoms. The summed E-state index contributed by atoms with van der Waals surface area (Å²) in [5.74, 6) is -1.68. The molecule has 20 heavy (non-hydrogen) atoms. The van der Waals surface area contributed by atoms with E-state index in [0.29, 0.717) is 5.69 Å². The van der Waals surface area contributed by atoms with Crippen LogP contribution in [0.1, 0.15) is 28.9 Å². The number of hydrogen-bond acceptors (Lipinski definition) is 2. The van der Waals surface area contributed by atoms with Crippen LogP contribution < -0.4 is 0 Å². The molecule has 0 atom stereocenters. The first-order chi connectivity index (χ1) is 9.29. The Kier molecular flexibility index (Phi) is 4.22. The SMILES string of the molecule is Cc1ccc(C(=O)N2CCC(C(F)(F)F)CC2)c(Cl)n1. The molecule has 0 unspecified atom stereocenters. The topological polar surface area (TPSA) is 33.2 Å². The normalized spacial score (nSPS) is 17.4. The molecule has 0 radical (unpaired) electrons. The largest absolute Gasteiger partial charge is 0.391 e. The maximum Gasteiger partial charge on any atom is 0.391 e. The van der Waals surface area contributed by atoms with Gasteiger partial charge in [0.2, 0.25) is 0 Å². The molecule has 0 saturated carbocycles. The zero-order chi connectivity index (χ0) is 14.9. The number of nitrogens with zero attached hydrogens (tertiary/aromatic N) is 2. The number of alkyl halides is 3. The van der Waals surface area contributed by atoms with Crippen LogP contribution in [0.2, 0.25) is 5.15 Å². The molecule has 3 nitrogen and oxygen atoms in total. The van der Waals surface area contributed by atoms with Crippen molar-refractivity contribution in [3.63, 3.8) is 0 Å². The van der Waals surface area contributed by atoms with E-state index in [2.05, 4.69) is 4.98 Å². The van der Waals surface area contributed by atoms with Crippen LogP contribution in [0.4, 0.5) is 13.2 Å². The quantitative estimate of drug-likeness (QED) is 0.745. The summed E-state index contributed by atoms with van der Waals surface area (Å²) < 4.78 is 37.7. The maximum atomic E-state index is 12.6. The number of aryl methyl sites for hydroxylation is 1. The van der Waals surface area contributed by atoms with E-state index in [1.54, 1.807) is 19.1 Å². The van der Waals surface area contributed by atoms with Crippen molar-refractivity contribution in [2.45, 2.75) is 25.9 Å². The molecule has 1 aliphatic rings. The zero-order valence-electron chi connectivity index (χ0n) is 10.9. The van der Waals surface area contributed by atoms with Gasteiger partial charge in [-0.1, -0.05) is 11.6 Å². The second-order valence-electron chi connectivity index (χ2n) is 4.90. The van der Waals surface area contributed by atoms with Gasteiger partial charge in [-0.2, -0.15) is 13.2 Å². The van der Waals surface area contributed by atoms with Crippen LogP contribution in [0.15, 0.2) is 12.1 Å². The van der Waals surface area contributed by atoms with E-state index >= 15 is 0 Å². The molecular weight excluding hydrogens is 293 g/mol. The minimum Gasteiger partial charge on any atom is -0.339 e. The molecule has 1 amide bonds. The van der Waals surface area contributed by atoms with Crippen molar-refractivity contribution >= 4 is 17.5 Å². The summed E-state index contributed by atoms with van der Waals surface area (Å²) in [6.45, 7) is 1.93. The second kappa shape index (κ2) is 5.60. The summed E-state index contributed by atoms with van der Waals surface area (Å²) in [7, 11) is 0. The third-order valence-electron chi connectivity index (χ3n) is 3.46. The lowest BCUT2D eigenvalue weighted by Crippen LogP contribution is -2.42. The Morgan fingerprint density at radius 3 is 2.45 bits per heavy atom. The third kappa shape index (κ3) is 3.23. The molecule has 1 fully saturated rings. The van der Waals surface area contributed by atoms with E-state index in [0.717, 1.165) is 0 Å². The van der Waals surface area contributed by atoms with Gasteiger partial charge in [-0.25, -0.2) is 4.98 Å². The molecule has 2 rings (SSSR count). The van der Waals surface area contributed by atoms with E-state index in [1.807, 2.05) is 0 Å². The number of piperidine rings is 1. The molecule has 0 N–H and O–H groups in total. The van der Waals surface area contributed by atoms with E-state index < -0.39 is 12.1 Å². The third-order valence-corrected chi connectivity index (χ3v) is 3.75. The Morgan fingerprint density at radius 1 is 1.35 bits per heavy atom. The number of amides is 1. The first-order valence-electron chi connectivity index (χ1n) is 6.28. The lowest BCUT2D eigenvalue weighted by Gasteiger charge is -2.33. The molecule has 0 bridgehead atoms. The molecular formula is C13H14ClF3N2O. The monoisotopic (exact) mass is 306 g/mol. The van der Waals surface area contributed by atoms with Crippen molar-refractivity contribution in [3.8, 4) is 0 Å². The molecule has 1 aromatic heterocycles. The van der Waals surface area contributed by atoms with Gasteiger partial charge in [-0.05, 0) is 31.9 Å². The minimum absolute atomic E-state index is 0.0633. The number of hydrogen-bond donors (Lipinski definition) is 0. The average molecular weight is 307 g/mol. The Hall–Kier alpha value is -1.30. The molecule has 1 saturated heterocycles. The van der Waals surface area contributed by atoms with Gasteiger partial charge in [-0.3, -0.25) is 4.79 Å².